The van der Waals surface area contributed by atoms with Gasteiger partial charge in [-0.1, -0.05) is 12.1 Å². The van der Waals surface area contributed by atoms with Crippen LogP contribution in [-0.2, 0) is 6.54 Å². The molecule has 0 amide bonds. The van der Waals surface area contributed by atoms with E-state index in [-0.39, 0.29) is 0 Å². The van der Waals surface area contributed by atoms with E-state index in [0.717, 1.165) is 12.4 Å². The molecule has 1 atom stereocenters. The Bertz CT molecular complexity index is 541. The Balaban J connectivity index is 1.60. The van der Waals surface area contributed by atoms with Crippen LogP contribution in [0.25, 0.3) is 5.69 Å². The summed E-state index contributed by atoms with van der Waals surface area (Å²) in [6.45, 7) is 2.99. The molecule has 2 aromatic rings. The monoisotopic (exact) mass is 287 g/mol. The summed E-state index contributed by atoms with van der Waals surface area (Å²) in [5.41, 5.74) is 2.53. The number of aryl methyl sites for hydroxylation is 1. The summed E-state index contributed by atoms with van der Waals surface area (Å²) in [6, 6.07) is 9.43. The molecule has 20 heavy (non-hydrogen) atoms. The highest BCUT2D eigenvalue weighted by atomic mass is 32.2. The van der Waals surface area contributed by atoms with Crippen LogP contribution < -0.4 is 5.32 Å². The summed E-state index contributed by atoms with van der Waals surface area (Å²) in [4.78, 5) is 4.26. The van der Waals surface area contributed by atoms with Crippen molar-refractivity contribution in [2.24, 2.45) is 0 Å². The Morgan fingerprint density at radius 1 is 1.35 bits per heavy atom. The molecule has 0 saturated carbocycles. The number of hydrogen-bond donors (Lipinski definition) is 1. The molecular weight excluding hydrogens is 266 g/mol. The van der Waals surface area contributed by atoms with E-state index < -0.39 is 0 Å². The predicted octanol–water partition coefficient (Wildman–Crippen LogP) is 3.17. The Labute approximate surface area is 124 Å². The quantitative estimate of drug-likeness (QED) is 0.937. The second kappa shape index (κ2) is 6.46. The van der Waals surface area contributed by atoms with Crippen LogP contribution >= 0.6 is 11.8 Å². The maximum atomic E-state index is 4.26. The van der Waals surface area contributed by atoms with Crippen molar-refractivity contribution in [3.8, 4) is 5.69 Å². The Kier molecular flexibility index (Phi) is 4.43. The van der Waals surface area contributed by atoms with Gasteiger partial charge in [-0.3, -0.25) is 0 Å². The van der Waals surface area contributed by atoms with Crippen molar-refractivity contribution in [3.05, 3.63) is 48.0 Å². The minimum atomic E-state index is 0.685. The molecule has 1 aromatic carbocycles. The Morgan fingerprint density at radius 2 is 2.20 bits per heavy atom. The van der Waals surface area contributed by atoms with Gasteiger partial charge in [-0.25, -0.2) is 4.98 Å². The van der Waals surface area contributed by atoms with Gasteiger partial charge < -0.3 is 9.88 Å². The second-order valence-corrected chi connectivity index (χ2v) is 6.46. The first-order valence-electron chi connectivity index (χ1n) is 7.23. The van der Waals surface area contributed by atoms with E-state index in [2.05, 4.69) is 50.9 Å². The zero-order valence-corrected chi connectivity index (χ0v) is 12.7. The van der Waals surface area contributed by atoms with E-state index in [9.17, 15) is 0 Å². The van der Waals surface area contributed by atoms with Crippen molar-refractivity contribution in [1.82, 2.24) is 14.9 Å². The van der Waals surface area contributed by atoms with Gasteiger partial charge in [0.25, 0.3) is 0 Å². The summed E-state index contributed by atoms with van der Waals surface area (Å²) in [6.07, 6.45) is 6.51. The number of rotatable bonds is 4. The lowest BCUT2D eigenvalue weighted by Crippen LogP contribution is -2.33. The molecule has 1 saturated heterocycles. The number of benzene rings is 1. The third-order valence-electron chi connectivity index (χ3n) is 3.80. The molecule has 1 aliphatic rings. The molecule has 1 fully saturated rings. The molecule has 0 spiro atoms. The van der Waals surface area contributed by atoms with Crippen LogP contribution in [0.2, 0.25) is 0 Å². The molecular formula is C16H21N3S. The molecule has 1 N–H and O–H groups in total. The molecule has 106 valence electrons. The van der Waals surface area contributed by atoms with Gasteiger partial charge in [0.2, 0.25) is 0 Å². The fraction of sp³-hybridized carbons (Fsp3) is 0.438. The average Bonchev–Trinajstić information content (AvgIpc) is 2.93. The highest BCUT2D eigenvalue weighted by Gasteiger charge is 2.12. The van der Waals surface area contributed by atoms with E-state index >= 15 is 0 Å². The standard InChI is InChI=1S/C16H21N3S/c1-13-17-8-9-19(13)16-6-4-14(5-7-16)11-18-15-3-2-10-20-12-15/h4-9,15,18H,2-3,10-12H2,1H3. The van der Waals surface area contributed by atoms with E-state index in [0.29, 0.717) is 6.04 Å². The first kappa shape index (κ1) is 13.7. The van der Waals surface area contributed by atoms with Crippen molar-refractivity contribution in [3.63, 3.8) is 0 Å². The zero-order chi connectivity index (χ0) is 13.8. The maximum Gasteiger partial charge on any atom is 0.110 e. The van der Waals surface area contributed by atoms with Crippen molar-refractivity contribution in [2.45, 2.75) is 32.4 Å². The molecule has 0 aliphatic carbocycles. The molecule has 4 heteroatoms. The third-order valence-corrected chi connectivity index (χ3v) is 5.01. The molecule has 3 rings (SSSR count). The van der Waals surface area contributed by atoms with Gasteiger partial charge in [0, 0.05) is 36.4 Å². The van der Waals surface area contributed by atoms with Crippen LogP contribution in [0.3, 0.4) is 0 Å². The summed E-state index contributed by atoms with van der Waals surface area (Å²) >= 11 is 2.07. The van der Waals surface area contributed by atoms with Crippen LogP contribution in [0.4, 0.5) is 0 Å². The minimum absolute atomic E-state index is 0.685. The van der Waals surface area contributed by atoms with E-state index in [1.54, 1.807) is 0 Å². The first-order valence-corrected chi connectivity index (χ1v) is 8.39. The molecule has 1 unspecified atom stereocenters. The predicted molar refractivity (Wildman–Crippen MR) is 85.5 cm³/mol. The minimum Gasteiger partial charge on any atom is -0.309 e. The van der Waals surface area contributed by atoms with Gasteiger partial charge in [-0.05, 0) is 43.2 Å². The topological polar surface area (TPSA) is 29.9 Å². The fourth-order valence-electron chi connectivity index (χ4n) is 2.59. The van der Waals surface area contributed by atoms with Gasteiger partial charge in [-0.2, -0.15) is 11.8 Å². The molecule has 3 nitrogen and oxygen atoms in total. The molecule has 1 aromatic heterocycles. The van der Waals surface area contributed by atoms with E-state index in [1.807, 2.05) is 19.3 Å². The zero-order valence-electron chi connectivity index (χ0n) is 11.9. The van der Waals surface area contributed by atoms with Gasteiger partial charge >= 0.3 is 0 Å². The maximum absolute atomic E-state index is 4.26. The smallest absolute Gasteiger partial charge is 0.110 e. The number of nitrogens with one attached hydrogen (secondary N) is 1. The number of aromatic nitrogens is 2. The first-order chi connectivity index (χ1) is 9.83. The van der Waals surface area contributed by atoms with Crippen LogP contribution in [0.5, 0.6) is 0 Å². The lowest BCUT2D eigenvalue weighted by Gasteiger charge is -2.22. The fourth-order valence-corrected chi connectivity index (χ4v) is 3.70. The SMILES string of the molecule is Cc1nccn1-c1ccc(CNC2CCCSC2)cc1. The van der Waals surface area contributed by atoms with Gasteiger partial charge in [0.05, 0.1) is 0 Å². The van der Waals surface area contributed by atoms with Gasteiger partial charge in [0.15, 0.2) is 0 Å². The lowest BCUT2D eigenvalue weighted by atomic mass is 10.1. The Morgan fingerprint density at radius 3 is 2.85 bits per heavy atom. The van der Waals surface area contributed by atoms with Crippen LogP contribution in [0, 0.1) is 6.92 Å². The number of thioether (sulfide) groups is 1. The number of imidazole rings is 1. The van der Waals surface area contributed by atoms with Crippen molar-refractivity contribution in [1.29, 1.82) is 0 Å². The number of hydrogen-bond acceptors (Lipinski definition) is 3. The number of nitrogens with zero attached hydrogens (tertiary/aromatic N) is 2. The lowest BCUT2D eigenvalue weighted by molar-refractivity contribution is 0.507. The van der Waals surface area contributed by atoms with E-state index in [1.165, 1.54) is 35.6 Å². The van der Waals surface area contributed by atoms with Crippen LogP contribution in [0.15, 0.2) is 36.7 Å². The highest BCUT2D eigenvalue weighted by Crippen LogP contribution is 2.17. The summed E-state index contributed by atoms with van der Waals surface area (Å²) in [5, 5.41) is 3.66. The van der Waals surface area contributed by atoms with Crippen molar-refractivity contribution >= 4 is 11.8 Å². The summed E-state index contributed by atoms with van der Waals surface area (Å²) in [7, 11) is 0. The van der Waals surface area contributed by atoms with Crippen molar-refractivity contribution in [2.75, 3.05) is 11.5 Å². The summed E-state index contributed by atoms with van der Waals surface area (Å²) in [5.74, 6) is 3.61. The molecule has 0 radical (unpaired) electrons. The molecule has 1 aliphatic heterocycles. The van der Waals surface area contributed by atoms with Crippen LogP contribution in [-0.4, -0.2) is 27.1 Å². The summed E-state index contributed by atoms with van der Waals surface area (Å²) < 4.78 is 2.11. The highest BCUT2D eigenvalue weighted by molar-refractivity contribution is 7.99. The van der Waals surface area contributed by atoms with E-state index in [4.69, 9.17) is 0 Å². The average molecular weight is 287 g/mol. The normalized spacial score (nSPS) is 19.1. The molecule has 0 bridgehead atoms. The van der Waals surface area contributed by atoms with Crippen LogP contribution in [0.1, 0.15) is 24.2 Å². The second-order valence-electron chi connectivity index (χ2n) is 5.31. The van der Waals surface area contributed by atoms with Crippen molar-refractivity contribution < 1.29 is 0 Å². The third kappa shape index (κ3) is 3.25. The molecule has 2 heterocycles. The van der Waals surface area contributed by atoms with Gasteiger partial charge in [0.1, 0.15) is 5.82 Å². The largest absolute Gasteiger partial charge is 0.309 e. The Hall–Kier alpha value is -1.26. The van der Waals surface area contributed by atoms with Gasteiger partial charge in [-0.15, -0.1) is 0 Å².